The molecule has 1 aromatic heterocycles. The Morgan fingerprint density at radius 1 is 1.17 bits per heavy atom. The molecule has 1 N–H and O–H groups in total. The molecule has 0 aliphatic rings. The van der Waals surface area contributed by atoms with Gasteiger partial charge in [-0.2, -0.15) is 0 Å². The normalized spacial score (nSPS) is 11.3. The van der Waals surface area contributed by atoms with Crippen molar-refractivity contribution < 1.29 is 0 Å². The largest absolute Gasteiger partial charge is 0.331 e. The van der Waals surface area contributed by atoms with E-state index in [1.807, 2.05) is 12.1 Å². The van der Waals surface area contributed by atoms with E-state index < -0.39 is 0 Å². The van der Waals surface area contributed by atoms with Gasteiger partial charge in [-0.3, -0.25) is 0 Å². The maximum atomic E-state index is 6.06. The molecule has 0 radical (unpaired) electrons. The van der Waals surface area contributed by atoms with Gasteiger partial charge in [-0.25, -0.2) is 0 Å². The standard InChI is InChI=1S/C13H16Cl2N2S/c1-2-3-4-5-6-17-12-8-10(15)9(14)7-11(12)16-13(17)18/h7-8H,2-6H2,1H3,(H,16,18). The molecule has 0 aliphatic carbocycles. The second-order valence-electron chi connectivity index (χ2n) is 4.43. The summed E-state index contributed by atoms with van der Waals surface area (Å²) >= 11 is 17.4. The van der Waals surface area contributed by atoms with E-state index in [1.54, 1.807) is 0 Å². The van der Waals surface area contributed by atoms with Crippen LogP contribution in [-0.2, 0) is 6.54 Å². The van der Waals surface area contributed by atoms with Crippen LogP contribution < -0.4 is 0 Å². The van der Waals surface area contributed by atoms with E-state index in [4.69, 9.17) is 35.4 Å². The molecule has 0 saturated carbocycles. The molecule has 1 aromatic carbocycles. The van der Waals surface area contributed by atoms with Crippen LogP contribution in [0.25, 0.3) is 11.0 Å². The van der Waals surface area contributed by atoms with E-state index in [2.05, 4.69) is 16.5 Å². The first-order valence-electron chi connectivity index (χ1n) is 6.21. The van der Waals surface area contributed by atoms with E-state index in [9.17, 15) is 0 Å². The molecule has 0 amide bonds. The van der Waals surface area contributed by atoms with Crippen LogP contribution in [0.15, 0.2) is 12.1 Å². The molecular weight excluding hydrogens is 287 g/mol. The van der Waals surface area contributed by atoms with Crippen molar-refractivity contribution in [2.24, 2.45) is 0 Å². The molecule has 0 saturated heterocycles. The van der Waals surface area contributed by atoms with Crippen LogP contribution in [0, 0.1) is 4.77 Å². The SMILES string of the molecule is CCCCCCn1c(=S)[nH]c2cc(Cl)c(Cl)cc21. The third-order valence-electron chi connectivity index (χ3n) is 3.05. The predicted octanol–water partition coefficient (Wildman–Crippen LogP) is 5.59. The number of aryl methyl sites for hydroxylation is 1. The second kappa shape index (κ2) is 6.09. The van der Waals surface area contributed by atoms with Crippen LogP contribution >= 0.6 is 35.4 Å². The molecule has 98 valence electrons. The van der Waals surface area contributed by atoms with Crippen molar-refractivity contribution in [3.05, 3.63) is 26.9 Å². The number of imidazole rings is 1. The van der Waals surface area contributed by atoms with Crippen molar-refractivity contribution in [2.75, 3.05) is 0 Å². The number of H-pyrrole nitrogens is 1. The highest BCUT2D eigenvalue weighted by Crippen LogP contribution is 2.27. The lowest BCUT2D eigenvalue weighted by Gasteiger charge is -2.05. The summed E-state index contributed by atoms with van der Waals surface area (Å²) in [5.41, 5.74) is 1.98. The molecule has 0 aliphatic heterocycles. The van der Waals surface area contributed by atoms with Gasteiger partial charge in [0.1, 0.15) is 0 Å². The fraction of sp³-hybridized carbons (Fsp3) is 0.462. The molecular formula is C13H16Cl2N2S. The lowest BCUT2D eigenvalue weighted by molar-refractivity contribution is 0.587. The third kappa shape index (κ3) is 2.90. The lowest BCUT2D eigenvalue weighted by atomic mass is 10.2. The number of aromatic amines is 1. The fourth-order valence-electron chi connectivity index (χ4n) is 2.07. The van der Waals surface area contributed by atoms with Gasteiger partial charge in [-0.05, 0) is 30.8 Å². The highest BCUT2D eigenvalue weighted by atomic mass is 35.5. The summed E-state index contributed by atoms with van der Waals surface area (Å²) in [6.07, 6.45) is 4.87. The van der Waals surface area contributed by atoms with Gasteiger partial charge in [0.2, 0.25) is 0 Å². The van der Waals surface area contributed by atoms with Gasteiger partial charge in [0.25, 0.3) is 0 Å². The zero-order valence-electron chi connectivity index (χ0n) is 10.3. The molecule has 1 heterocycles. The maximum Gasteiger partial charge on any atom is 0.178 e. The van der Waals surface area contributed by atoms with Crippen molar-refractivity contribution >= 4 is 46.5 Å². The Hall–Kier alpha value is -0.510. The first kappa shape index (κ1) is 13.9. The second-order valence-corrected chi connectivity index (χ2v) is 5.63. The van der Waals surface area contributed by atoms with Gasteiger partial charge in [0, 0.05) is 6.54 Å². The molecule has 0 fully saturated rings. The summed E-state index contributed by atoms with van der Waals surface area (Å²) < 4.78 is 2.84. The van der Waals surface area contributed by atoms with Gasteiger partial charge in [-0.15, -0.1) is 0 Å². The Bertz CT molecular complexity index is 601. The van der Waals surface area contributed by atoms with Crippen LogP contribution in [0.5, 0.6) is 0 Å². The van der Waals surface area contributed by atoms with Crippen molar-refractivity contribution in [3.8, 4) is 0 Å². The predicted molar refractivity (Wildman–Crippen MR) is 81.3 cm³/mol. The Labute approximate surface area is 122 Å². The zero-order valence-corrected chi connectivity index (χ0v) is 12.6. The smallest absolute Gasteiger partial charge is 0.178 e. The van der Waals surface area contributed by atoms with Crippen LogP contribution in [0.4, 0.5) is 0 Å². The van der Waals surface area contributed by atoms with Crippen LogP contribution in [-0.4, -0.2) is 9.55 Å². The number of hydrogen-bond donors (Lipinski definition) is 1. The Balaban J connectivity index is 2.29. The number of benzene rings is 1. The molecule has 0 atom stereocenters. The molecule has 5 heteroatoms. The Morgan fingerprint density at radius 3 is 2.61 bits per heavy atom. The van der Waals surface area contributed by atoms with E-state index in [1.165, 1.54) is 19.3 Å². The number of nitrogens with zero attached hydrogens (tertiary/aromatic N) is 1. The summed E-state index contributed by atoms with van der Waals surface area (Å²) in [5.74, 6) is 0. The van der Waals surface area contributed by atoms with E-state index in [0.717, 1.165) is 28.8 Å². The van der Waals surface area contributed by atoms with E-state index >= 15 is 0 Å². The van der Waals surface area contributed by atoms with Crippen LogP contribution in [0.1, 0.15) is 32.6 Å². The van der Waals surface area contributed by atoms with Gasteiger partial charge in [0.05, 0.1) is 21.1 Å². The first-order chi connectivity index (χ1) is 8.63. The van der Waals surface area contributed by atoms with Gasteiger partial charge >= 0.3 is 0 Å². The minimum absolute atomic E-state index is 0.554. The first-order valence-corrected chi connectivity index (χ1v) is 7.37. The summed E-state index contributed by atoms with van der Waals surface area (Å²) in [6, 6.07) is 3.71. The summed E-state index contributed by atoms with van der Waals surface area (Å²) in [6.45, 7) is 3.13. The Kier molecular flexibility index (Phi) is 4.71. The molecule has 18 heavy (non-hydrogen) atoms. The number of halogens is 2. The minimum Gasteiger partial charge on any atom is -0.331 e. The molecule has 0 bridgehead atoms. The quantitative estimate of drug-likeness (QED) is 0.564. The van der Waals surface area contributed by atoms with E-state index in [0.29, 0.717) is 10.0 Å². The van der Waals surface area contributed by atoms with Crippen molar-refractivity contribution in [2.45, 2.75) is 39.2 Å². The summed E-state index contributed by atoms with van der Waals surface area (Å²) in [4.78, 5) is 3.17. The number of nitrogens with one attached hydrogen (secondary N) is 1. The van der Waals surface area contributed by atoms with E-state index in [-0.39, 0.29) is 0 Å². The number of unbranched alkanes of at least 4 members (excludes halogenated alkanes) is 3. The minimum atomic E-state index is 0.554. The fourth-order valence-corrected chi connectivity index (χ4v) is 2.69. The number of aromatic nitrogens is 2. The van der Waals surface area contributed by atoms with Crippen LogP contribution in [0.2, 0.25) is 10.0 Å². The average molecular weight is 303 g/mol. The summed E-state index contributed by atoms with van der Waals surface area (Å²) in [7, 11) is 0. The Morgan fingerprint density at radius 2 is 1.89 bits per heavy atom. The van der Waals surface area contributed by atoms with Crippen molar-refractivity contribution in [1.29, 1.82) is 0 Å². The van der Waals surface area contributed by atoms with Gasteiger partial charge in [-0.1, -0.05) is 49.4 Å². The average Bonchev–Trinajstić information content (AvgIpc) is 2.62. The highest BCUT2D eigenvalue weighted by molar-refractivity contribution is 7.71. The molecule has 2 aromatic rings. The van der Waals surface area contributed by atoms with Gasteiger partial charge < -0.3 is 9.55 Å². The number of fused-ring (bicyclic) bond motifs is 1. The monoisotopic (exact) mass is 302 g/mol. The molecule has 2 nitrogen and oxygen atoms in total. The third-order valence-corrected chi connectivity index (χ3v) is 4.10. The highest BCUT2D eigenvalue weighted by Gasteiger charge is 2.07. The van der Waals surface area contributed by atoms with Crippen LogP contribution in [0.3, 0.4) is 0 Å². The number of hydrogen-bond acceptors (Lipinski definition) is 1. The lowest BCUT2D eigenvalue weighted by Crippen LogP contribution is -1.97. The van der Waals surface area contributed by atoms with Crippen molar-refractivity contribution in [1.82, 2.24) is 9.55 Å². The number of rotatable bonds is 5. The zero-order chi connectivity index (χ0) is 13.1. The molecule has 0 spiro atoms. The summed E-state index contributed by atoms with van der Waals surface area (Å²) in [5, 5.41) is 1.12. The molecule has 0 unspecified atom stereocenters. The van der Waals surface area contributed by atoms with Gasteiger partial charge in [0.15, 0.2) is 4.77 Å². The topological polar surface area (TPSA) is 20.7 Å². The molecule has 2 rings (SSSR count). The maximum absolute atomic E-state index is 6.06. The van der Waals surface area contributed by atoms with Crippen molar-refractivity contribution in [3.63, 3.8) is 0 Å².